The summed E-state index contributed by atoms with van der Waals surface area (Å²) in [6, 6.07) is 11.7. The minimum Gasteiger partial charge on any atom is -0.342 e. The van der Waals surface area contributed by atoms with Gasteiger partial charge in [0.15, 0.2) is 11.0 Å². The van der Waals surface area contributed by atoms with Gasteiger partial charge in [0.1, 0.15) is 0 Å². The third kappa shape index (κ3) is 6.50. The van der Waals surface area contributed by atoms with E-state index in [1.165, 1.54) is 11.8 Å². The summed E-state index contributed by atoms with van der Waals surface area (Å²) in [6.45, 7) is 3.96. The van der Waals surface area contributed by atoms with Gasteiger partial charge in [-0.05, 0) is 52.2 Å². The topological polar surface area (TPSA) is 88.9 Å². The molecule has 0 saturated carbocycles. The van der Waals surface area contributed by atoms with E-state index in [0.29, 0.717) is 32.3 Å². The van der Waals surface area contributed by atoms with E-state index in [0.717, 1.165) is 4.47 Å². The number of nitrogens with one attached hydrogen (secondary N) is 2. The lowest BCUT2D eigenvalue weighted by Gasteiger charge is -2.22. The summed E-state index contributed by atoms with van der Waals surface area (Å²) < 4.78 is 2.54. The largest absolute Gasteiger partial charge is 0.342 e. The van der Waals surface area contributed by atoms with Crippen LogP contribution in [0.5, 0.6) is 0 Å². The molecule has 33 heavy (non-hydrogen) atoms. The molecule has 0 saturated heterocycles. The number of aromatic nitrogens is 3. The van der Waals surface area contributed by atoms with Crippen molar-refractivity contribution in [3.63, 3.8) is 0 Å². The lowest BCUT2D eigenvalue weighted by atomic mass is 10.0. The summed E-state index contributed by atoms with van der Waals surface area (Å²) in [5.41, 5.74) is 1.00. The molecule has 1 heterocycles. The Kier molecular flexibility index (Phi) is 8.81. The molecule has 2 N–H and O–H groups in total. The molecular formula is C22H22BrCl2N5O2S. The Morgan fingerprint density at radius 2 is 1.85 bits per heavy atom. The van der Waals surface area contributed by atoms with Gasteiger partial charge in [0, 0.05) is 17.2 Å². The van der Waals surface area contributed by atoms with E-state index in [9.17, 15) is 9.59 Å². The smallest absolute Gasteiger partial charge is 0.253 e. The molecule has 1 atom stereocenters. The number of carbonyl (C=O) groups is 2. The summed E-state index contributed by atoms with van der Waals surface area (Å²) >= 11 is 16.8. The number of hydrogen-bond acceptors (Lipinski definition) is 5. The molecular weight excluding hydrogens is 549 g/mol. The van der Waals surface area contributed by atoms with E-state index < -0.39 is 0 Å². The van der Waals surface area contributed by atoms with Crippen molar-refractivity contribution < 1.29 is 9.59 Å². The van der Waals surface area contributed by atoms with Gasteiger partial charge in [0.2, 0.25) is 5.91 Å². The molecule has 3 aromatic rings. The summed E-state index contributed by atoms with van der Waals surface area (Å²) in [4.78, 5) is 25.1. The van der Waals surface area contributed by atoms with Gasteiger partial charge >= 0.3 is 0 Å². The minimum absolute atomic E-state index is 0.0441. The zero-order chi connectivity index (χ0) is 24.1. The van der Waals surface area contributed by atoms with E-state index in [4.69, 9.17) is 23.2 Å². The Labute approximate surface area is 214 Å². The van der Waals surface area contributed by atoms with Gasteiger partial charge in [-0.15, -0.1) is 10.2 Å². The first-order valence-corrected chi connectivity index (χ1v) is 12.5. The third-order valence-corrected chi connectivity index (χ3v) is 7.34. The maximum atomic E-state index is 12.8. The normalized spacial score (nSPS) is 12.0. The Morgan fingerprint density at radius 1 is 1.12 bits per heavy atom. The fourth-order valence-electron chi connectivity index (χ4n) is 3.02. The predicted molar refractivity (Wildman–Crippen MR) is 136 cm³/mol. The first-order valence-electron chi connectivity index (χ1n) is 9.99. The van der Waals surface area contributed by atoms with Crippen LogP contribution in [-0.2, 0) is 11.8 Å². The molecule has 0 fully saturated rings. The lowest BCUT2D eigenvalue weighted by Crippen LogP contribution is -2.33. The van der Waals surface area contributed by atoms with Crippen molar-refractivity contribution in [2.24, 2.45) is 13.0 Å². The zero-order valence-electron chi connectivity index (χ0n) is 18.1. The maximum Gasteiger partial charge on any atom is 0.253 e. The van der Waals surface area contributed by atoms with Crippen LogP contribution in [0.15, 0.2) is 52.1 Å². The minimum atomic E-state index is -0.389. The fraction of sp³-hybridized carbons (Fsp3) is 0.273. The van der Waals surface area contributed by atoms with Crippen LogP contribution >= 0.6 is 50.9 Å². The maximum absolute atomic E-state index is 12.8. The number of rotatable bonds is 8. The van der Waals surface area contributed by atoms with Gasteiger partial charge < -0.3 is 15.2 Å². The molecule has 2 amide bonds. The van der Waals surface area contributed by atoms with E-state index >= 15 is 0 Å². The van der Waals surface area contributed by atoms with E-state index in [1.807, 2.05) is 13.8 Å². The van der Waals surface area contributed by atoms with Gasteiger partial charge in [-0.3, -0.25) is 9.59 Å². The molecule has 0 bridgehead atoms. The van der Waals surface area contributed by atoms with Crippen molar-refractivity contribution >= 4 is 68.4 Å². The molecule has 3 rings (SSSR count). The molecule has 0 spiro atoms. The van der Waals surface area contributed by atoms with Crippen LogP contribution in [0.2, 0.25) is 10.0 Å². The standard InChI is InChI=1S/C22H22BrCl2N5O2S/c1-12(2)19(27-21(32)14-6-4-5-7-16(14)24)20-28-29-22(30(20)3)33-11-18(31)26-13-8-9-15(23)17(25)10-13/h4-10,12,19H,11H2,1-3H3,(H,26,31)(H,27,32)/t19-/m1/s1. The van der Waals surface area contributed by atoms with Crippen molar-refractivity contribution in [3.05, 3.63) is 68.4 Å². The molecule has 2 aromatic carbocycles. The second-order valence-electron chi connectivity index (χ2n) is 7.54. The van der Waals surface area contributed by atoms with Gasteiger partial charge in [-0.25, -0.2) is 0 Å². The average Bonchev–Trinajstić information content (AvgIpc) is 3.13. The van der Waals surface area contributed by atoms with Crippen LogP contribution in [0.4, 0.5) is 5.69 Å². The van der Waals surface area contributed by atoms with Gasteiger partial charge in [0.25, 0.3) is 5.91 Å². The number of carbonyl (C=O) groups excluding carboxylic acids is 2. The fourth-order valence-corrected chi connectivity index (χ4v) is 4.38. The Balaban J connectivity index is 1.67. The molecule has 0 aliphatic carbocycles. The Bertz CT molecular complexity index is 1170. The number of halogens is 3. The second kappa shape index (κ2) is 11.4. The number of benzene rings is 2. The summed E-state index contributed by atoms with van der Waals surface area (Å²) in [5, 5.41) is 15.7. The van der Waals surface area contributed by atoms with E-state index in [1.54, 1.807) is 54.1 Å². The molecule has 0 unspecified atom stereocenters. The molecule has 11 heteroatoms. The van der Waals surface area contributed by atoms with Crippen LogP contribution in [0.3, 0.4) is 0 Å². The third-order valence-electron chi connectivity index (χ3n) is 4.75. The lowest BCUT2D eigenvalue weighted by molar-refractivity contribution is -0.113. The first kappa shape index (κ1) is 25.6. The van der Waals surface area contributed by atoms with Crippen molar-refractivity contribution in [3.8, 4) is 0 Å². The van der Waals surface area contributed by atoms with Gasteiger partial charge in [0.05, 0.1) is 27.4 Å². The quantitative estimate of drug-likeness (QED) is 0.337. The number of hydrogen-bond donors (Lipinski definition) is 2. The van der Waals surface area contributed by atoms with Gasteiger partial charge in [-0.2, -0.15) is 0 Å². The SMILES string of the molecule is CC(C)[C@@H](NC(=O)c1ccccc1Cl)c1nnc(SCC(=O)Nc2ccc(Br)c(Cl)c2)n1C. The van der Waals surface area contributed by atoms with Crippen LogP contribution in [0.25, 0.3) is 0 Å². The van der Waals surface area contributed by atoms with E-state index in [-0.39, 0.29) is 29.5 Å². The number of anilines is 1. The molecule has 1 aromatic heterocycles. The predicted octanol–water partition coefficient (Wildman–Crippen LogP) is 5.74. The molecule has 0 aliphatic rings. The number of thioether (sulfide) groups is 1. The highest BCUT2D eigenvalue weighted by Crippen LogP contribution is 2.27. The highest BCUT2D eigenvalue weighted by molar-refractivity contribution is 9.10. The van der Waals surface area contributed by atoms with Crippen molar-refractivity contribution in [2.75, 3.05) is 11.1 Å². The summed E-state index contributed by atoms with van der Waals surface area (Å²) in [6.07, 6.45) is 0. The molecule has 7 nitrogen and oxygen atoms in total. The van der Waals surface area contributed by atoms with E-state index in [2.05, 4.69) is 36.8 Å². The van der Waals surface area contributed by atoms with Gasteiger partial charge in [-0.1, -0.05) is 60.9 Å². The molecule has 0 aliphatic heterocycles. The first-order chi connectivity index (χ1) is 15.7. The highest BCUT2D eigenvalue weighted by atomic mass is 79.9. The Hall–Kier alpha value is -2.07. The zero-order valence-corrected chi connectivity index (χ0v) is 22.0. The van der Waals surface area contributed by atoms with Crippen molar-refractivity contribution in [1.29, 1.82) is 0 Å². The number of amides is 2. The Morgan fingerprint density at radius 3 is 2.52 bits per heavy atom. The van der Waals surface area contributed by atoms with Crippen LogP contribution in [-0.4, -0.2) is 32.3 Å². The summed E-state index contributed by atoms with van der Waals surface area (Å²) in [5.74, 6) is 0.285. The number of nitrogens with zero attached hydrogens (tertiary/aromatic N) is 3. The summed E-state index contributed by atoms with van der Waals surface area (Å²) in [7, 11) is 1.81. The second-order valence-corrected chi connectivity index (χ2v) is 10.2. The highest BCUT2D eigenvalue weighted by Gasteiger charge is 2.26. The van der Waals surface area contributed by atoms with Crippen LogP contribution in [0.1, 0.15) is 36.1 Å². The van der Waals surface area contributed by atoms with Crippen molar-refractivity contribution in [2.45, 2.75) is 25.0 Å². The monoisotopic (exact) mass is 569 g/mol. The molecule has 0 radical (unpaired) electrons. The van der Waals surface area contributed by atoms with Crippen LogP contribution < -0.4 is 10.6 Å². The van der Waals surface area contributed by atoms with Crippen LogP contribution in [0, 0.1) is 5.92 Å². The molecule has 174 valence electrons. The van der Waals surface area contributed by atoms with Crippen molar-refractivity contribution in [1.82, 2.24) is 20.1 Å². The average molecular weight is 571 g/mol.